The molecular weight excluding hydrogens is 374 g/mol. The number of hydrogen-bond acceptors (Lipinski definition) is 6. The van der Waals surface area contributed by atoms with Crippen molar-refractivity contribution in [3.63, 3.8) is 0 Å². The lowest BCUT2D eigenvalue weighted by Gasteiger charge is -2.01. The molecule has 0 N–H and O–H groups in total. The Morgan fingerprint density at radius 1 is 1.04 bits per heavy atom. The van der Waals surface area contributed by atoms with Crippen molar-refractivity contribution in [2.75, 3.05) is 7.11 Å². The highest BCUT2D eigenvalue weighted by Gasteiger charge is 2.12. The van der Waals surface area contributed by atoms with Crippen molar-refractivity contribution < 1.29 is 9.66 Å². The maximum absolute atomic E-state index is 11.2. The Kier molecular flexibility index (Phi) is 4.82. The molecule has 0 unspecified atom stereocenters. The van der Waals surface area contributed by atoms with E-state index in [4.69, 9.17) is 4.74 Å². The number of pyridine rings is 1. The van der Waals surface area contributed by atoms with Crippen molar-refractivity contribution in [3.05, 3.63) is 81.5 Å². The molecule has 7 heteroatoms. The summed E-state index contributed by atoms with van der Waals surface area (Å²) in [7, 11) is 1.63. The third-order valence-electron chi connectivity index (χ3n) is 4.18. The molecule has 2 aromatic carbocycles. The number of para-hydroxylation sites is 1. The molecular formula is C21H15N3O3S. The van der Waals surface area contributed by atoms with Gasteiger partial charge in [0.1, 0.15) is 16.3 Å². The van der Waals surface area contributed by atoms with Gasteiger partial charge in [0.25, 0.3) is 5.69 Å². The second kappa shape index (κ2) is 7.58. The van der Waals surface area contributed by atoms with Crippen LogP contribution in [0, 0.1) is 10.1 Å². The van der Waals surface area contributed by atoms with Crippen molar-refractivity contribution in [1.29, 1.82) is 0 Å². The molecule has 0 saturated carbocycles. The first-order valence-corrected chi connectivity index (χ1v) is 9.34. The van der Waals surface area contributed by atoms with Gasteiger partial charge in [-0.2, -0.15) is 0 Å². The molecule has 138 valence electrons. The smallest absolute Gasteiger partial charge is 0.295 e. The molecule has 2 aromatic heterocycles. The highest BCUT2D eigenvalue weighted by Crippen LogP contribution is 2.28. The lowest BCUT2D eigenvalue weighted by Crippen LogP contribution is -1.92. The quantitative estimate of drug-likeness (QED) is 0.335. The Bertz CT molecular complexity index is 1200. The van der Waals surface area contributed by atoms with Crippen LogP contribution >= 0.6 is 11.3 Å². The maximum Gasteiger partial charge on any atom is 0.295 e. The minimum atomic E-state index is -0.413. The van der Waals surface area contributed by atoms with E-state index in [9.17, 15) is 10.1 Å². The fourth-order valence-corrected chi connectivity index (χ4v) is 3.59. The number of nitrogens with zero attached hydrogens (tertiary/aromatic N) is 3. The van der Waals surface area contributed by atoms with Crippen molar-refractivity contribution in [1.82, 2.24) is 9.97 Å². The van der Waals surface area contributed by atoms with Gasteiger partial charge in [-0.3, -0.25) is 10.1 Å². The zero-order valence-corrected chi connectivity index (χ0v) is 15.7. The summed E-state index contributed by atoms with van der Waals surface area (Å²) >= 11 is 1.54. The van der Waals surface area contributed by atoms with Gasteiger partial charge in [-0.25, -0.2) is 9.97 Å². The summed E-state index contributed by atoms with van der Waals surface area (Å²) in [6.45, 7) is 0. The van der Waals surface area contributed by atoms with Crippen LogP contribution in [-0.2, 0) is 0 Å². The normalized spacial score (nSPS) is 11.2. The lowest BCUT2D eigenvalue weighted by molar-refractivity contribution is -0.383. The number of aromatic nitrogens is 2. The van der Waals surface area contributed by atoms with Gasteiger partial charge in [0, 0.05) is 22.4 Å². The number of fused-ring (bicyclic) bond motifs is 1. The van der Waals surface area contributed by atoms with Crippen LogP contribution in [0.3, 0.4) is 0 Å². The largest absolute Gasteiger partial charge is 0.497 e. The van der Waals surface area contributed by atoms with Crippen LogP contribution in [0.4, 0.5) is 5.69 Å². The monoisotopic (exact) mass is 389 g/mol. The Morgan fingerprint density at radius 2 is 1.86 bits per heavy atom. The predicted octanol–water partition coefficient (Wildman–Crippen LogP) is 5.45. The molecule has 4 aromatic rings. The molecule has 2 heterocycles. The molecule has 0 aliphatic heterocycles. The Morgan fingerprint density at radius 3 is 2.68 bits per heavy atom. The highest BCUT2D eigenvalue weighted by atomic mass is 32.1. The van der Waals surface area contributed by atoms with Gasteiger partial charge < -0.3 is 4.74 Å². The second-order valence-corrected chi connectivity index (χ2v) is 6.84. The molecule has 0 saturated heterocycles. The van der Waals surface area contributed by atoms with E-state index in [1.54, 1.807) is 19.3 Å². The molecule has 4 rings (SSSR count). The van der Waals surface area contributed by atoms with Crippen molar-refractivity contribution in [3.8, 4) is 16.3 Å². The van der Waals surface area contributed by atoms with Crippen LogP contribution in [0.25, 0.3) is 33.6 Å². The Hall–Kier alpha value is -3.58. The van der Waals surface area contributed by atoms with E-state index >= 15 is 0 Å². The molecule has 0 bridgehead atoms. The first-order valence-electron chi connectivity index (χ1n) is 8.46. The van der Waals surface area contributed by atoms with Crippen molar-refractivity contribution in [2.45, 2.75) is 0 Å². The van der Waals surface area contributed by atoms with Crippen LogP contribution in [0.2, 0.25) is 0 Å². The molecule has 6 nitrogen and oxygen atoms in total. The summed E-state index contributed by atoms with van der Waals surface area (Å²) in [4.78, 5) is 19.9. The summed E-state index contributed by atoms with van der Waals surface area (Å²) in [6, 6.07) is 16.3. The molecule has 0 atom stereocenters. The Labute approximate surface area is 164 Å². The number of ether oxygens (including phenoxy) is 1. The number of benzene rings is 2. The standard InChI is InChI=1S/C21H15N3O3S/c1-27-18-6-2-5-15(12-18)21-23-17(13-28-21)11-10-16-9-8-14-4-3-7-19(24(25)26)20(14)22-16/h2-13H,1H3/b11-10+. The van der Waals surface area contributed by atoms with Crippen LogP contribution in [-0.4, -0.2) is 22.0 Å². The topological polar surface area (TPSA) is 78.2 Å². The van der Waals surface area contributed by atoms with Gasteiger partial charge in [0.15, 0.2) is 0 Å². The van der Waals surface area contributed by atoms with Crippen molar-refractivity contribution >= 4 is 40.1 Å². The van der Waals surface area contributed by atoms with Gasteiger partial charge in [-0.15, -0.1) is 11.3 Å². The van der Waals surface area contributed by atoms with Crippen LogP contribution in [0.5, 0.6) is 5.75 Å². The number of nitro groups is 1. The summed E-state index contributed by atoms with van der Waals surface area (Å²) < 4.78 is 5.26. The van der Waals surface area contributed by atoms with Gasteiger partial charge in [0.05, 0.1) is 23.4 Å². The van der Waals surface area contributed by atoms with E-state index in [-0.39, 0.29) is 5.69 Å². The van der Waals surface area contributed by atoms with E-state index in [1.165, 1.54) is 17.4 Å². The molecule has 0 spiro atoms. The Balaban J connectivity index is 1.62. The number of methoxy groups -OCH3 is 1. The molecule has 0 aliphatic carbocycles. The summed E-state index contributed by atoms with van der Waals surface area (Å²) in [5, 5.41) is 14.8. The third kappa shape index (κ3) is 3.60. The summed E-state index contributed by atoms with van der Waals surface area (Å²) in [5.74, 6) is 0.784. The van der Waals surface area contributed by atoms with Gasteiger partial charge in [0.2, 0.25) is 0 Å². The van der Waals surface area contributed by atoms with Crippen LogP contribution < -0.4 is 4.74 Å². The zero-order valence-electron chi connectivity index (χ0n) is 14.9. The predicted molar refractivity (Wildman–Crippen MR) is 111 cm³/mol. The SMILES string of the molecule is COc1cccc(-c2nc(/C=C/c3ccc4cccc([N+](=O)[O-])c4n3)cs2)c1. The fourth-order valence-electron chi connectivity index (χ4n) is 2.81. The first kappa shape index (κ1) is 17.8. The van der Waals surface area contributed by atoms with E-state index in [1.807, 2.05) is 53.9 Å². The van der Waals surface area contributed by atoms with E-state index in [0.29, 0.717) is 11.2 Å². The zero-order chi connectivity index (χ0) is 19.5. The first-order chi connectivity index (χ1) is 13.6. The number of thiazole rings is 1. The molecule has 0 radical (unpaired) electrons. The molecule has 0 fully saturated rings. The highest BCUT2D eigenvalue weighted by molar-refractivity contribution is 7.13. The van der Waals surface area contributed by atoms with E-state index < -0.39 is 4.92 Å². The van der Waals surface area contributed by atoms with Crippen molar-refractivity contribution in [2.24, 2.45) is 0 Å². The minimum absolute atomic E-state index is 0.00159. The summed E-state index contributed by atoms with van der Waals surface area (Å²) in [6.07, 6.45) is 3.66. The average Bonchev–Trinajstić information content (AvgIpc) is 3.20. The van der Waals surface area contributed by atoms with Gasteiger partial charge in [-0.05, 0) is 30.4 Å². The van der Waals surface area contributed by atoms with Crippen LogP contribution in [0.1, 0.15) is 11.4 Å². The maximum atomic E-state index is 11.2. The molecule has 0 aliphatic rings. The lowest BCUT2D eigenvalue weighted by atomic mass is 10.1. The number of rotatable bonds is 5. The third-order valence-corrected chi connectivity index (χ3v) is 5.09. The number of hydrogen-bond donors (Lipinski definition) is 0. The number of non-ortho nitro benzene ring substituents is 1. The van der Waals surface area contributed by atoms with E-state index in [2.05, 4.69) is 9.97 Å². The van der Waals surface area contributed by atoms with Gasteiger partial charge >= 0.3 is 0 Å². The fraction of sp³-hybridized carbons (Fsp3) is 0.0476. The second-order valence-electron chi connectivity index (χ2n) is 5.98. The molecule has 28 heavy (non-hydrogen) atoms. The summed E-state index contributed by atoms with van der Waals surface area (Å²) in [5.41, 5.74) is 2.81. The average molecular weight is 389 g/mol. The number of nitro benzene ring substituents is 1. The van der Waals surface area contributed by atoms with E-state index in [0.717, 1.165) is 27.4 Å². The minimum Gasteiger partial charge on any atom is -0.497 e. The van der Waals surface area contributed by atoms with Crippen LogP contribution in [0.15, 0.2) is 60.0 Å². The molecule has 0 amide bonds. The van der Waals surface area contributed by atoms with Gasteiger partial charge in [-0.1, -0.05) is 30.3 Å².